The number of piperidine rings is 1. The van der Waals surface area contributed by atoms with E-state index < -0.39 is 24.6 Å². The van der Waals surface area contributed by atoms with Gasteiger partial charge in [0.25, 0.3) is 0 Å². The smallest absolute Gasteiger partial charge is 0.411 e. The number of alkyl halides is 3. The lowest BCUT2D eigenvalue weighted by Crippen LogP contribution is -2.37. The van der Waals surface area contributed by atoms with E-state index in [-0.39, 0.29) is 35.6 Å². The summed E-state index contributed by atoms with van der Waals surface area (Å²) >= 11 is 0. The van der Waals surface area contributed by atoms with Gasteiger partial charge in [0.1, 0.15) is 18.1 Å². The number of oxazole rings is 1. The van der Waals surface area contributed by atoms with Gasteiger partial charge in [0, 0.05) is 17.5 Å². The van der Waals surface area contributed by atoms with Gasteiger partial charge in [0.2, 0.25) is 0 Å². The van der Waals surface area contributed by atoms with E-state index in [0.717, 1.165) is 37.8 Å². The summed E-state index contributed by atoms with van der Waals surface area (Å²) in [5.41, 5.74) is 2.03. The maximum atomic E-state index is 13.4. The minimum Gasteiger partial charge on any atom is -0.478 e. The number of carbonyl (C=O) groups is 1. The summed E-state index contributed by atoms with van der Waals surface area (Å²) in [5.74, 6) is -0.737. The lowest BCUT2D eigenvalue weighted by Gasteiger charge is -2.28. The van der Waals surface area contributed by atoms with E-state index in [9.17, 15) is 22.4 Å². The summed E-state index contributed by atoms with van der Waals surface area (Å²) in [5, 5.41) is 12.5. The molecule has 36 heavy (non-hydrogen) atoms. The zero-order valence-corrected chi connectivity index (χ0v) is 19.4. The molecule has 0 spiro atoms. The second-order valence-corrected chi connectivity index (χ2v) is 8.86. The molecule has 10 heteroatoms. The van der Waals surface area contributed by atoms with Crippen LogP contribution in [0.2, 0.25) is 0 Å². The first kappa shape index (κ1) is 25.8. The minimum absolute atomic E-state index is 0.0406. The second-order valence-electron chi connectivity index (χ2n) is 8.86. The summed E-state index contributed by atoms with van der Waals surface area (Å²) in [6.07, 6.45) is -1.42. The molecule has 2 atom stereocenters. The van der Waals surface area contributed by atoms with E-state index in [2.05, 4.69) is 10.3 Å². The number of aromatic nitrogens is 1. The molecule has 192 valence electrons. The van der Waals surface area contributed by atoms with Gasteiger partial charge in [-0.05, 0) is 74.2 Å². The van der Waals surface area contributed by atoms with Crippen LogP contribution >= 0.6 is 0 Å². The zero-order valence-electron chi connectivity index (χ0n) is 19.4. The number of ether oxygens (including phenoxy) is 1. The van der Waals surface area contributed by atoms with Crippen LogP contribution in [0.4, 0.5) is 17.6 Å². The maximum absolute atomic E-state index is 13.4. The van der Waals surface area contributed by atoms with Crippen LogP contribution in [-0.2, 0) is 17.8 Å². The van der Waals surface area contributed by atoms with Gasteiger partial charge >= 0.3 is 12.1 Å². The Labute approximate surface area is 205 Å². The fourth-order valence-electron chi connectivity index (χ4n) is 4.34. The van der Waals surface area contributed by atoms with Crippen LogP contribution < -0.4 is 5.32 Å². The molecule has 0 aliphatic carbocycles. The van der Waals surface area contributed by atoms with Crippen LogP contribution in [-0.4, -0.2) is 41.4 Å². The van der Waals surface area contributed by atoms with Gasteiger partial charge in [-0.15, -0.1) is 0 Å². The van der Waals surface area contributed by atoms with Gasteiger partial charge in [-0.2, -0.15) is 13.2 Å². The number of aromatic carboxylic acids is 1. The Bertz CT molecular complexity index is 1160. The summed E-state index contributed by atoms with van der Waals surface area (Å²) in [4.78, 5) is 15.5. The molecule has 3 aromatic rings. The van der Waals surface area contributed by atoms with Crippen molar-refractivity contribution in [2.24, 2.45) is 0 Å². The molecule has 4 rings (SSSR count). The van der Waals surface area contributed by atoms with Gasteiger partial charge in [-0.1, -0.05) is 12.1 Å². The molecule has 1 aliphatic rings. The van der Waals surface area contributed by atoms with Crippen molar-refractivity contribution in [3.63, 3.8) is 0 Å². The van der Waals surface area contributed by atoms with Crippen molar-refractivity contribution in [3.8, 4) is 11.3 Å². The van der Waals surface area contributed by atoms with E-state index in [1.54, 1.807) is 24.3 Å². The Morgan fingerprint density at radius 3 is 2.53 bits per heavy atom. The molecule has 2 N–H and O–H groups in total. The number of carboxylic acid groups (broad SMARTS) is 1. The Hall–Kier alpha value is -3.24. The van der Waals surface area contributed by atoms with E-state index in [1.165, 1.54) is 24.3 Å². The topological polar surface area (TPSA) is 84.6 Å². The molecule has 2 heterocycles. The molecule has 0 radical (unpaired) electrons. The lowest BCUT2D eigenvalue weighted by molar-refractivity contribution is -0.176. The predicted molar refractivity (Wildman–Crippen MR) is 123 cm³/mol. The van der Waals surface area contributed by atoms with Crippen LogP contribution in [0.25, 0.3) is 11.3 Å². The van der Waals surface area contributed by atoms with Crippen LogP contribution in [0.1, 0.15) is 52.7 Å². The molecule has 6 nitrogen and oxygen atoms in total. The van der Waals surface area contributed by atoms with Crippen LogP contribution in [0, 0.1) is 5.82 Å². The standard InChI is InChI=1S/C26H26F4N2O4/c27-20-8-6-17(7-9-20)23-22(14-35-15-26(28,29)30)32-24(36-23)19-11-12-31-21(13-19)10-3-16-1-4-18(5-2-16)25(33)34/h1-2,4-9,19,21,31H,3,10-15H2,(H,33,34). The number of carboxylic acids is 1. The number of benzene rings is 2. The third-order valence-corrected chi connectivity index (χ3v) is 6.15. The molecule has 2 unspecified atom stereocenters. The second kappa shape index (κ2) is 11.2. The molecule has 1 saturated heterocycles. The number of halogens is 4. The first-order valence-electron chi connectivity index (χ1n) is 11.6. The average Bonchev–Trinajstić information content (AvgIpc) is 3.27. The monoisotopic (exact) mass is 506 g/mol. The third kappa shape index (κ3) is 6.92. The molecule has 1 aromatic heterocycles. The highest BCUT2D eigenvalue weighted by atomic mass is 19.4. The van der Waals surface area contributed by atoms with E-state index >= 15 is 0 Å². The van der Waals surface area contributed by atoms with Crippen molar-refractivity contribution < 1.29 is 36.6 Å². The zero-order chi connectivity index (χ0) is 25.7. The molecular weight excluding hydrogens is 480 g/mol. The third-order valence-electron chi connectivity index (χ3n) is 6.15. The average molecular weight is 506 g/mol. The number of hydrogen-bond donors (Lipinski definition) is 2. The first-order valence-corrected chi connectivity index (χ1v) is 11.6. The summed E-state index contributed by atoms with van der Waals surface area (Å²) in [7, 11) is 0. The van der Waals surface area contributed by atoms with Crippen LogP contribution in [0.5, 0.6) is 0 Å². The van der Waals surface area contributed by atoms with Gasteiger partial charge in [-0.25, -0.2) is 14.2 Å². The Kier molecular flexibility index (Phi) is 8.05. The van der Waals surface area contributed by atoms with Crippen molar-refractivity contribution >= 4 is 5.97 Å². The van der Waals surface area contributed by atoms with E-state index in [1.807, 2.05) is 0 Å². The largest absolute Gasteiger partial charge is 0.478 e. The summed E-state index contributed by atoms with van der Waals surface area (Å²) in [6, 6.07) is 12.4. The predicted octanol–water partition coefficient (Wildman–Crippen LogP) is 5.73. The quantitative estimate of drug-likeness (QED) is 0.361. The number of hydrogen-bond acceptors (Lipinski definition) is 5. The molecule has 0 bridgehead atoms. The van der Waals surface area contributed by atoms with Gasteiger partial charge in [-0.3, -0.25) is 0 Å². The molecule has 1 aliphatic heterocycles. The van der Waals surface area contributed by atoms with Crippen molar-refractivity contribution in [1.82, 2.24) is 10.3 Å². The number of nitrogens with zero attached hydrogens (tertiary/aromatic N) is 1. The van der Waals surface area contributed by atoms with Gasteiger partial charge in [0.15, 0.2) is 11.7 Å². The van der Waals surface area contributed by atoms with E-state index in [4.69, 9.17) is 14.3 Å². The van der Waals surface area contributed by atoms with Crippen LogP contribution in [0.15, 0.2) is 52.9 Å². The first-order chi connectivity index (χ1) is 17.2. The molecular formula is C26H26F4N2O4. The highest BCUT2D eigenvalue weighted by Gasteiger charge is 2.30. The Balaban J connectivity index is 1.45. The summed E-state index contributed by atoms with van der Waals surface area (Å²) in [6.45, 7) is -1.06. The summed E-state index contributed by atoms with van der Waals surface area (Å²) < 4.78 is 62.0. The Morgan fingerprint density at radius 1 is 1.14 bits per heavy atom. The fourth-order valence-corrected chi connectivity index (χ4v) is 4.34. The van der Waals surface area contributed by atoms with E-state index in [0.29, 0.717) is 11.5 Å². The Morgan fingerprint density at radius 2 is 1.86 bits per heavy atom. The van der Waals surface area contributed by atoms with Crippen molar-refractivity contribution in [3.05, 3.63) is 77.1 Å². The maximum Gasteiger partial charge on any atom is 0.411 e. The highest BCUT2D eigenvalue weighted by Crippen LogP contribution is 2.34. The molecule has 0 saturated carbocycles. The minimum atomic E-state index is -4.46. The number of rotatable bonds is 9. The van der Waals surface area contributed by atoms with Crippen molar-refractivity contribution in [2.45, 2.75) is 50.4 Å². The fraction of sp³-hybridized carbons (Fsp3) is 0.385. The SMILES string of the molecule is O=C(O)c1ccc(CCC2CC(c3nc(COCC(F)(F)F)c(-c4ccc(F)cc4)o3)CCN2)cc1. The molecule has 0 amide bonds. The number of aryl methyl sites for hydroxylation is 1. The normalized spacial score (nSPS) is 18.3. The lowest BCUT2D eigenvalue weighted by atomic mass is 9.89. The van der Waals surface area contributed by atoms with Crippen LogP contribution in [0.3, 0.4) is 0 Å². The molecule has 1 fully saturated rings. The highest BCUT2D eigenvalue weighted by molar-refractivity contribution is 5.87. The number of nitrogens with one attached hydrogen (secondary N) is 1. The van der Waals surface area contributed by atoms with Gasteiger partial charge < -0.3 is 19.6 Å². The van der Waals surface area contributed by atoms with Crippen molar-refractivity contribution in [2.75, 3.05) is 13.2 Å². The van der Waals surface area contributed by atoms with Gasteiger partial charge in [0.05, 0.1) is 12.2 Å². The van der Waals surface area contributed by atoms with Crippen molar-refractivity contribution in [1.29, 1.82) is 0 Å². The molecule has 2 aromatic carbocycles.